The van der Waals surface area contributed by atoms with Crippen LogP contribution in [0.25, 0.3) is 0 Å². The zero-order valence-electron chi connectivity index (χ0n) is 12.1. The third-order valence-electron chi connectivity index (χ3n) is 3.51. The Morgan fingerprint density at radius 2 is 1.75 bits per heavy atom. The molecule has 0 radical (unpaired) electrons. The summed E-state index contributed by atoms with van der Waals surface area (Å²) >= 11 is 1.59. The van der Waals surface area contributed by atoms with Gasteiger partial charge in [0.2, 0.25) is 0 Å². The van der Waals surface area contributed by atoms with Crippen LogP contribution in [0.15, 0.2) is 41.3 Å². The Morgan fingerprint density at radius 1 is 1.05 bits per heavy atom. The molecule has 1 unspecified atom stereocenters. The molecule has 0 aliphatic carbocycles. The van der Waals surface area contributed by atoms with E-state index in [9.17, 15) is 4.39 Å². The average molecular weight is 289 g/mol. The molecule has 1 nitrogen and oxygen atoms in total. The fourth-order valence-corrected chi connectivity index (χ4v) is 3.14. The first-order chi connectivity index (χ1) is 9.47. The molecule has 1 atom stereocenters. The molecular formula is C17H20FNS. The molecule has 20 heavy (non-hydrogen) atoms. The number of aryl methyl sites for hydroxylation is 3. The van der Waals surface area contributed by atoms with Crippen molar-refractivity contribution >= 4 is 11.8 Å². The van der Waals surface area contributed by atoms with E-state index in [0.717, 1.165) is 10.6 Å². The maximum Gasteiger partial charge on any atom is 0.124 e. The molecule has 2 N–H and O–H groups in total. The minimum absolute atomic E-state index is 0.0393. The van der Waals surface area contributed by atoms with Gasteiger partial charge in [0.15, 0.2) is 0 Å². The Morgan fingerprint density at radius 3 is 2.45 bits per heavy atom. The van der Waals surface area contributed by atoms with Gasteiger partial charge in [0.1, 0.15) is 5.82 Å². The minimum atomic E-state index is -0.203. The van der Waals surface area contributed by atoms with Gasteiger partial charge >= 0.3 is 0 Å². The fraction of sp³-hybridized carbons (Fsp3) is 0.294. The van der Waals surface area contributed by atoms with Gasteiger partial charge < -0.3 is 5.73 Å². The summed E-state index contributed by atoms with van der Waals surface area (Å²) in [5.74, 6) is 0.540. The number of nitrogens with two attached hydrogens (primary N) is 1. The van der Waals surface area contributed by atoms with Crippen LogP contribution >= 0.6 is 11.8 Å². The summed E-state index contributed by atoms with van der Waals surface area (Å²) in [5.41, 5.74) is 11.2. The zero-order valence-corrected chi connectivity index (χ0v) is 12.9. The van der Waals surface area contributed by atoms with Crippen molar-refractivity contribution in [2.24, 2.45) is 5.73 Å². The molecule has 2 aromatic carbocycles. The van der Waals surface area contributed by atoms with E-state index in [-0.39, 0.29) is 11.9 Å². The number of hydrogen-bond donors (Lipinski definition) is 1. The monoisotopic (exact) mass is 289 g/mol. The molecule has 0 amide bonds. The quantitative estimate of drug-likeness (QED) is 0.836. The van der Waals surface area contributed by atoms with E-state index in [1.807, 2.05) is 6.07 Å². The lowest BCUT2D eigenvalue weighted by Crippen LogP contribution is -2.15. The summed E-state index contributed by atoms with van der Waals surface area (Å²) in [6.45, 7) is 6.30. The highest BCUT2D eigenvalue weighted by atomic mass is 32.2. The molecule has 0 aliphatic heterocycles. The third-order valence-corrected chi connectivity index (χ3v) is 4.62. The smallest absolute Gasteiger partial charge is 0.124 e. The van der Waals surface area contributed by atoms with Crippen LogP contribution in [0.4, 0.5) is 4.39 Å². The van der Waals surface area contributed by atoms with Gasteiger partial charge in [-0.1, -0.05) is 18.2 Å². The van der Waals surface area contributed by atoms with Crippen molar-refractivity contribution in [3.63, 3.8) is 0 Å². The zero-order chi connectivity index (χ0) is 14.7. The molecule has 0 bridgehead atoms. The summed E-state index contributed by atoms with van der Waals surface area (Å²) in [7, 11) is 0. The molecule has 0 spiro atoms. The second-order valence-corrected chi connectivity index (χ2v) is 6.26. The van der Waals surface area contributed by atoms with Crippen molar-refractivity contribution in [1.82, 2.24) is 0 Å². The molecular weight excluding hydrogens is 269 g/mol. The van der Waals surface area contributed by atoms with Gasteiger partial charge in [-0.05, 0) is 61.2 Å². The largest absolute Gasteiger partial charge is 0.323 e. The Kier molecular flexibility index (Phi) is 4.84. The van der Waals surface area contributed by atoms with Crippen LogP contribution in [-0.2, 0) is 0 Å². The Bertz CT molecular complexity index is 610. The van der Waals surface area contributed by atoms with E-state index in [2.05, 4.69) is 32.9 Å². The van der Waals surface area contributed by atoms with Gasteiger partial charge in [0.25, 0.3) is 0 Å². The first kappa shape index (κ1) is 15.1. The van der Waals surface area contributed by atoms with Crippen LogP contribution in [0.5, 0.6) is 0 Å². The van der Waals surface area contributed by atoms with Gasteiger partial charge in [-0.15, -0.1) is 11.8 Å². The van der Waals surface area contributed by atoms with E-state index in [1.54, 1.807) is 23.9 Å². The number of hydrogen-bond acceptors (Lipinski definition) is 2. The summed E-state index contributed by atoms with van der Waals surface area (Å²) in [6.07, 6.45) is 0. The lowest BCUT2D eigenvalue weighted by Gasteiger charge is -2.16. The van der Waals surface area contributed by atoms with Crippen LogP contribution in [0, 0.1) is 26.6 Å². The van der Waals surface area contributed by atoms with Gasteiger partial charge in [0, 0.05) is 16.7 Å². The summed E-state index contributed by atoms with van der Waals surface area (Å²) < 4.78 is 13.1. The molecule has 3 heteroatoms. The van der Waals surface area contributed by atoms with Crippen molar-refractivity contribution in [3.05, 3.63) is 64.5 Å². The van der Waals surface area contributed by atoms with Crippen molar-refractivity contribution in [3.8, 4) is 0 Å². The molecule has 0 saturated carbocycles. The molecule has 2 rings (SSSR count). The predicted octanol–water partition coefficient (Wildman–Crippen LogP) is 4.54. The second-order valence-electron chi connectivity index (χ2n) is 5.17. The molecule has 0 aromatic heterocycles. The van der Waals surface area contributed by atoms with Crippen molar-refractivity contribution in [1.29, 1.82) is 0 Å². The maximum absolute atomic E-state index is 13.1. The Balaban J connectivity index is 2.09. The Labute approximate surface area is 124 Å². The summed E-state index contributed by atoms with van der Waals surface area (Å²) in [5, 5.41) is 0. The molecule has 0 saturated heterocycles. The predicted molar refractivity (Wildman–Crippen MR) is 84.7 cm³/mol. The van der Waals surface area contributed by atoms with Crippen LogP contribution in [-0.4, -0.2) is 5.75 Å². The van der Waals surface area contributed by atoms with Crippen molar-refractivity contribution in [2.45, 2.75) is 31.7 Å². The van der Waals surface area contributed by atoms with E-state index < -0.39 is 0 Å². The minimum Gasteiger partial charge on any atom is -0.323 e. The van der Waals surface area contributed by atoms with Gasteiger partial charge in [-0.2, -0.15) is 0 Å². The van der Waals surface area contributed by atoms with E-state index in [4.69, 9.17) is 5.73 Å². The molecule has 0 aliphatic rings. The normalized spacial score (nSPS) is 12.4. The first-order valence-corrected chi connectivity index (χ1v) is 7.67. The number of halogens is 1. The molecule has 106 valence electrons. The van der Waals surface area contributed by atoms with Gasteiger partial charge in [-0.3, -0.25) is 0 Å². The number of thioether (sulfide) groups is 1. The highest BCUT2D eigenvalue weighted by Crippen LogP contribution is 2.27. The maximum atomic E-state index is 13.1. The van der Waals surface area contributed by atoms with E-state index in [0.29, 0.717) is 0 Å². The van der Waals surface area contributed by atoms with Crippen molar-refractivity contribution in [2.75, 3.05) is 5.75 Å². The van der Waals surface area contributed by atoms with E-state index >= 15 is 0 Å². The molecule has 0 heterocycles. The average Bonchev–Trinajstić information content (AvgIpc) is 2.40. The van der Waals surface area contributed by atoms with Crippen LogP contribution in [0.3, 0.4) is 0 Å². The molecule has 0 fully saturated rings. The van der Waals surface area contributed by atoms with Crippen LogP contribution in [0.2, 0.25) is 0 Å². The van der Waals surface area contributed by atoms with Gasteiger partial charge in [0.05, 0.1) is 0 Å². The van der Waals surface area contributed by atoms with Crippen LogP contribution in [0.1, 0.15) is 28.3 Å². The third kappa shape index (κ3) is 3.62. The molecule has 2 aromatic rings. The van der Waals surface area contributed by atoms with Crippen LogP contribution < -0.4 is 5.73 Å². The summed E-state index contributed by atoms with van der Waals surface area (Å²) in [4.78, 5) is 0.918. The summed E-state index contributed by atoms with van der Waals surface area (Å²) in [6, 6.07) is 10.9. The highest BCUT2D eigenvalue weighted by Gasteiger charge is 2.11. The SMILES string of the molecule is Cc1cc(C)c(C(N)CSc2cccc(F)c2)cc1C. The number of rotatable bonds is 4. The second kappa shape index (κ2) is 6.42. The topological polar surface area (TPSA) is 26.0 Å². The lowest BCUT2D eigenvalue weighted by atomic mass is 9.97. The van der Waals surface area contributed by atoms with Gasteiger partial charge in [-0.25, -0.2) is 4.39 Å². The number of benzene rings is 2. The van der Waals surface area contributed by atoms with E-state index in [1.165, 1.54) is 28.3 Å². The standard InChI is InChI=1S/C17H20FNS/c1-11-7-13(3)16(8-12(11)2)17(19)10-20-15-6-4-5-14(18)9-15/h4-9,17H,10,19H2,1-3H3. The fourth-order valence-electron chi connectivity index (χ4n) is 2.21. The Hall–Kier alpha value is -1.32. The highest BCUT2D eigenvalue weighted by molar-refractivity contribution is 7.99. The van der Waals surface area contributed by atoms with Crippen molar-refractivity contribution < 1.29 is 4.39 Å². The lowest BCUT2D eigenvalue weighted by molar-refractivity contribution is 0.624. The first-order valence-electron chi connectivity index (χ1n) is 6.69.